The summed E-state index contributed by atoms with van der Waals surface area (Å²) < 4.78 is 73.5. The molecule has 1 amide bonds. The van der Waals surface area contributed by atoms with Gasteiger partial charge in [-0.05, 0) is 25.1 Å². The van der Waals surface area contributed by atoms with Crippen LogP contribution in [0.15, 0.2) is 42.5 Å². The Labute approximate surface area is 211 Å². The van der Waals surface area contributed by atoms with Crippen molar-refractivity contribution >= 4 is 17.7 Å². The Kier molecular flexibility index (Phi) is 8.74. The Balaban J connectivity index is 2.23. The van der Waals surface area contributed by atoms with Gasteiger partial charge >= 0.3 is 12.1 Å². The summed E-state index contributed by atoms with van der Waals surface area (Å²) in [6.45, 7) is 1.03. The van der Waals surface area contributed by atoms with Crippen molar-refractivity contribution in [2.45, 2.75) is 30.4 Å². The zero-order chi connectivity index (χ0) is 26.5. The number of alkyl halides is 3. The first-order chi connectivity index (χ1) is 17.1. The van der Waals surface area contributed by atoms with Crippen LogP contribution in [0.2, 0.25) is 0 Å². The molecule has 0 spiro atoms. The van der Waals surface area contributed by atoms with Crippen LogP contribution in [-0.4, -0.2) is 55.4 Å². The molecular weight excluding hydrogens is 500 g/mol. The number of benzene rings is 2. The highest BCUT2D eigenvalue weighted by Gasteiger charge is 2.55. The number of methoxy groups -OCH3 is 2. The Hall–Kier alpha value is -2.97. The van der Waals surface area contributed by atoms with Gasteiger partial charge in [-0.2, -0.15) is 18.4 Å². The average Bonchev–Trinajstić information content (AvgIpc) is 3.34. The molecule has 1 fully saturated rings. The number of hydrogen-bond acceptors (Lipinski definition) is 6. The van der Waals surface area contributed by atoms with E-state index in [0.717, 1.165) is 6.07 Å². The number of nitriles is 1. The van der Waals surface area contributed by atoms with E-state index >= 15 is 4.39 Å². The molecule has 0 unspecified atom stereocenters. The van der Waals surface area contributed by atoms with E-state index in [-0.39, 0.29) is 35.8 Å². The average molecular weight is 527 g/mol. The maximum Gasteiger partial charge on any atom is 0.471 e. The van der Waals surface area contributed by atoms with Crippen LogP contribution in [-0.2, 0) is 21.6 Å². The van der Waals surface area contributed by atoms with E-state index in [1.54, 1.807) is 6.07 Å². The van der Waals surface area contributed by atoms with Crippen molar-refractivity contribution in [1.82, 2.24) is 4.90 Å². The van der Waals surface area contributed by atoms with Crippen molar-refractivity contribution in [3.63, 3.8) is 0 Å². The van der Waals surface area contributed by atoms with E-state index in [1.807, 2.05) is 6.07 Å². The van der Waals surface area contributed by atoms with Crippen LogP contribution >= 0.6 is 11.8 Å². The third-order valence-electron chi connectivity index (χ3n) is 6.40. The standard InChI is InChI=1S/C25H26F4N2O4S/c1-24(18-6-4-5-7-20(18)26,19-14-35-15-22(19)36-11-10-30)31(23(32)25(27,28)29)13-16-8-9-17(33-2)12-21(16)34-3/h4-9,12,19,22H,11,13-15H2,1-3H3/t19-,22-,24+/m0/s1. The number of ether oxygens (including phenoxy) is 3. The summed E-state index contributed by atoms with van der Waals surface area (Å²) in [5, 5.41) is 8.62. The van der Waals surface area contributed by atoms with E-state index in [9.17, 15) is 18.0 Å². The van der Waals surface area contributed by atoms with Gasteiger partial charge in [-0.25, -0.2) is 4.39 Å². The van der Waals surface area contributed by atoms with Crippen LogP contribution in [0.4, 0.5) is 17.6 Å². The molecule has 6 nitrogen and oxygen atoms in total. The van der Waals surface area contributed by atoms with Crippen LogP contribution in [0.1, 0.15) is 18.1 Å². The quantitative estimate of drug-likeness (QED) is 0.432. The van der Waals surface area contributed by atoms with Gasteiger partial charge in [0.15, 0.2) is 0 Å². The molecule has 0 N–H and O–H groups in total. The minimum Gasteiger partial charge on any atom is -0.497 e. The van der Waals surface area contributed by atoms with Gasteiger partial charge in [-0.1, -0.05) is 18.2 Å². The van der Waals surface area contributed by atoms with E-state index in [1.165, 1.54) is 63.2 Å². The Morgan fingerprint density at radius 2 is 1.92 bits per heavy atom. The number of halogens is 4. The lowest BCUT2D eigenvalue weighted by atomic mass is 9.76. The topological polar surface area (TPSA) is 71.8 Å². The van der Waals surface area contributed by atoms with E-state index in [0.29, 0.717) is 10.6 Å². The second kappa shape index (κ2) is 11.4. The van der Waals surface area contributed by atoms with Crippen LogP contribution in [0.5, 0.6) is 11.5 Å². The Bertz CT molecular complexity index is 1120. The first-order valence-corrected chi connectivity index (χ1v) is 12.0. The van der Waals surface area contributed by atoms with Gasteiger partial charge in [0.1, 0.15) is 17.3 Å². The molecule has 36 heavy (non-hydrogen) atoms. The molecule has 1 saturated heterocycles. The molecule has 2 aromatic rings. The van der Waals surface area contributed by atoms with Crippen molar-refractivity contribution in [3.05, 3.63) is 59.4 Å². The molecular formula is C25H26F4N2O4S. The normalized spacial score (nSPS) is 19.3. The first kappa shape index (κ1) is 27.6. The van der Waals surface area contributed by atoms with Gasteiger partial charge in [-0.15, -0.1) is 11.8 Å². The third kappa shape index (κ3) is 5.55. The molecule has 1 aliphatic rings. The Morgan fingerprint density at radius 1 is 1.19 bits per heavy atom. The molecule has 0 saturated carbocycles. The predicted octanol–water partition coefficient (Wildman–Crippen LogP) is 4.92. The number of hydrogen-bond donors (Lipinski definition) is 0. The second-order valence-electron chi connectivity index (χ2n) is 8.35. The van der Waals surface area contributed by atoms with Gasteiger partial charge in [0, 0.05) is 28.4 Å². The number of thioether (sulfide) groups is 1. The number of carbonyl (C=O) groups is 1. The van der Waals surface area contributed by atoms with Crippen molar-refractivity contribution in [3.8, 4) is 17.6 Å². The van der Waals surface area contributed by atoms with Crippen LogP contribution in [0, 0.1) is 23.1 Å². The highest BCUT2D eigenvalue weighted by molar-refractivity contribution is 8.00. The molecule has 194 valence electrons. The van der Waals surface area contributed by atoms with E-state index in [4.69, 9.17) is 19.5 Å². The van der Waals surface area contributed by atoms with Gasteiger partial charge in [0.05, 0.1) is 51.3 Å². The fourth-order valence-electron chi connectivity index (χ4n) is 4.54. The highest BCUT2D eigenvalue weighted by Crippen LogP contribution is 2.47. The molecule has 3 atom stereocenters. The van der Waals surface area contributed by atoms with Gasteiger partial charge < -0.3 is 19.1 Å². The van der Waals surface area contributed by atoms with Gasteiger partial charge in [0.25, 0.3) is 0 Å². The molecule has 3 rings (SSSR count). The number of rotatable bonds is 9. The van der Waals surface area contributed by atoms with E-state index < -0.39 is 41.2 Å². The van der Waals surface area contributed by atoms with Crippen molar-refractivity contribution in [2.24, 2.45) is 5.92 Å². The molecule has 1 aliphatic heterocycles. The predicted molar refractivity (Wildman–Crippen MR) is 126 cm³/mol. The van der Waals surface area contributed by atoms with Crippen molar-refractivity contribution in [1.29, 1.82) is 5.26 Å². The van der Waals surface area contributed by atoms with Crippen LogP contribution in [0.3, 0.4) is 0 Å². The van der Waals surface area contributed by atoms with Gasteiger partial charge in [0.2, 0.25) is 0 Å². The van der Waals surface area contributed by atoms with Crippen molar-refractivity contribution in [2.75, 3.05) is 33.2 Å². The summed E-state index contributed by atoms with van der Waals surface area (Å²) in [5.74, 6) is -2.93. The number of nitrogens with zero attached hydrogens (tertiary/aromatic N) is 2. The first-order valence-electron chi connectivity index (χ1n) is 11.0. The molecule has 1 heterocycles. The lowest BCUT2D eigenvalue weighted by Crippen LogP contribution is -2.57. The summed E-state index contributed by atoms with van der Waals surface area (Å²) in [4.78, 5) is 13.7. The fraction of sp³-hybridized carbons (Fsp3) is 0.440. The van der Waals surface area contributed by atoms with Gasteiger partial charge in [-0.3, -0.25) is 4.79 Å². The lowest BCUT2D eigenvalue weighted by Gasteiger charge is -2.47. The molecule has 11 heteroatoms. The molecule has 2 aromatic carbocycles. The highest BCUT2D eigenvalue weighted by atomic mass is 32.2. The maximum atomic E-state index is 15.3. The minimum atomic E-state index is -5.24. The van der Waals surface area contributed by atoms with E-state index in [2.05, 4.69) is 0 Å². The fourth-order valence-corrected chi connectivity index (χ4v) is 5.59. The number of carbonyl (C=O) groups excluding carboxylic acids is 1. The second-order valence-corrected chi connectivity index (χ2v) is 9.57. The number of amides is 1. The monoisotopic (exact) mass is 526 g/mol. The van der Waals surface area contributed by atoms with Crippen LogP contribution < -0.4 is 9.47 Å². The van der Waals surface area contributed by atoms with Crippen molar-refractivity contribution < 1.29 is 36.6 Å². The molecule has 0 aromatic heterocycles. The third-order valence-corrected chi connectivity index (χ3v) is 7.59. The minimum absolute atomic E-state index is 0.0185. The Morgan fingerprint density at radius 3 is 2.53 bits per heavy atom. The SMILES string of the molecule is COc1ccc(CN(C(=O)C(F)(F)F)[C@](C)(c2ccccc2F)[C@H]2COC[C@@H]2SCC#N)c(OC)c1. The zero-order valence-corrected chi connectivity index (χ0v) is 20.8. The summed E-state index contributed by atoms with van der Waals surface area (Å²) in [5.41, 5.74) is -1.58. The summed E-state index contributed by atoms with van der Waals surface area (Å²) in [7, 11) is 2.78. The smallest absolute Gasteiger partial charge is 0.471 e. The van der Waals surface area contributed by atoms with Crippen LogP contribution in [0.25, 0.3) is 0 Å². The summed E-state index contributed by atoms with van der Waals surface area (Å²) in [6, 6.07) is 12.0. The lowest BCUT2D eigenvalue weighted by molar-refractivity contribution is -0.195. The summed E-state index contributed by atoms with van der Waals surface area (Å²) >= 11 is 1.21. The largest absolute Gasteiger partial charge is 0.497 e. The summed E-state index contributed by atoms with van der Waals surface area (Å²) in [6.07, 6.45) is -5.24. The zero-order valence-electron chi connectivity index (χ0n) is 20.0. The molecule has 0 radical (unpaired) electrons. The molecule has 0 bridgehead atoms. The maximum absolute atomic E-state index is 15.3. The molecule has 0 aliphatic carbocycles.